The minimum Gasteiger partial charge on any atom is -0.349 e. The highest BCUT2D eigenvalue weighted by atomic mass is 127. The number of likely N-dealkylation sites (tertiary alicyclic amines) is 1. The third-order valence-electron chi connectivity index (χ3n) is 4.51. The van der Waals surface area contributed by atoms with Crippen LogP contribution in [0.25, 0.3) is 0 Å². The molecule has 0 bridgehead atoms. The molecule has 3 heterocycles. The van der Waals surface area contributed by atoms with Crippen molar-refractivity contribution in [3.05, 3.63) is 11.6 Å². The zero-order chi connectivity index (χ0) is 14.7. The van der Waals surface area contributed by atoms with E-state index in [0.29, 0.717) is 6.54 Å². The first-order chi connectivity index (χ1) is 10.3. The third kappa shape index (κ3) is 3.91. The molecule has 0 aromatic carbocycles. The molecule has 2 aliphatic heterocycles. The molecular weight excluding hydrogens is 391 g/mol. The zero-order valence-electron chi connectivity index (χ0n) is 13.6. The van der Waals surface area contributed by atoms with Crippen LogP contribution >= 0.6 is 24.0 Å². The van der Waals surface area contributed by atoms with Gasteiger partial charge in [-0.2, -0.15) is 0 Å². The van der Waals surface area contributed by atoms with E-state index in [-0.39, 0.29) is 24.0 Å². The highest BCUT2D eigenvalue weighted by Crippen LogP contribution is 2.16. The Morgan fingerprint density at radius 2 is 2.14 bits per heavy atom. The number of aryl methyl sites for hydroxylation is 1. The van der Waals surface area contributed by atoms with Crippen LogP contribution in [-0.2, 0) is 19.5 Å². The molecule has 124 valence electrons. The number of rotatable bonds is 2. The second kappa shape index (κ2) is 8.12. The van der Waals surface area contributed by atoms with Crippen molar-refractivity contribution in [2.75, 3.05) is 20.1 Å². The molecule has 1 aromatic rings. The lowest BCUT2D eigenvalue weighted by Crippen LogP contribution is -2.46. The van der Waals surface area contributed by atoms with E-state index in [9.17, 15) is 0 Å². The molecule has 0 spiro atoms. The Morgan fingerprint density at radius 1 is 1.27 bits per heavy atom. The van der Waals surface area contributed by atoms with Gasteiger partial charge in [-0.3, -0.25) is 4.99 Å². The maximum Gasteiger partial charge on any atom is 0.194 e. The number of nitrogens with one attached hydrogen (secondary N) is 1. The van der Waals surface area contributed by atoms with Crippen molar-refractivity contribution in [3.63, 3.8) is 0 Å². The molecule has 1 saturated heterocycles. The van der Waals surface area contributed by atoms with E-state index in [0.717, 1.165) is 49.6 Å². The maximum atomic E-state index is 4.43. The number of nitrogens with zero attached hydrogens (tertiary/aromatic N) is 5. The summed E-state index contributed by atoms with van der Waals surface area (Å²) in [4.78, 5) is 6.79. The van der Waals surface area contributed by atoms with Gasteiger partial charge in [-0.15, -0.1) is 34.2 Å². The smallest absolute Gasteiger partial charge is 0.194 e. The molecule has 1 unspecified atom stereocenters. The Kier molecular flexibility index (Phi) is 6.46. The second-order valence-electron chi connectivity index (χ2n) is 6.24. The van der Waals surface area contributed by atoms with Gasteiger partial charge < -0.3 is 14.8 Å². The highest BCUT2D eigenvalue weighted by molar-refractivity contribution is 14.0. The monoisotopic (exact) mass is 418 g/mol. The van der Waals surface area contributed by atoms with E-state index in [1.54, 1.807) is 0 Å². The molecule has 6 nitrogen and oxygen atoms in total. The lowest BCUT2D eigenvalue weighted by Gasteiger charge is -2.33. The van der Waals surface area contributed by atoms with Crippen LogP contribution in [0.4, 0.5) is 0 Å². The Hall–Kier alpha value is -0.860. The van der Waals surface area contributed by atoms with E-state index in [2.05, 4.69) is 36.9 Å². The molecule has 7 heteroatoms. The number of piperidine rings is 1. The van der Waals surface area contributed by atoms with Gasteiger partial charge >= 0.3 is 0 Å². The molecular formula is C15H27IN6. The summed E-state index contributed by atoms with van der Waals surface area (Å²) in [6.07, 6.45) is 6.11. The average Bonchev–Trinajstić information content (AvgIpc) is 2.91. The number of hydrogen-bond acceptors (Lipinski definition) is 3. The fourth-order valence-corrected chi connectivity index (χ4v) is 3.37. The van der Waals surface area contributed by atoms with E-state index < -0.39 is 0 Å². The molecule has 1 N–H and O–H groups in total. The Bertz CT molecular complexity index is 512. The fourth-order valence-electron chi connectivity index (χ4n) is 3.37. The number of fused-ring (bicyclic) bond motifs is 1. The van der Waals surface area contributed by atoms with Crippen LogP contribution in [0.5, 0.6) is 0 Å². The number of hydrogen-bond donors (Lipinski definition) is 1. The standard InChI is InChI=1S/C15H26N6.HI/c1-12-6-5-8-20(11-12)15(16-2)17-10-14-19-18-13-7-3-4-9-21(13)14;/h12H,3-11H2,1-2H3,(H,16,17);1H. The maximum absolute atomic E-state index is 4.43. The normalized spacial score (nSPS) is 22.0. The molecule has 0 amide bonds. The largest absolute Gasteiger partial charge is 0.349 e. The van der Waals surface area contributed by atoms with Gasteiger partial charge in [-0.25, -0.2) is 0 Å². The predicted molar refractivity (Wildman–Crippen MR) is 98.5 cm³/mol. The minimum absolute atomic E-state index is 0. The molecule has 2 aliphatic rings. The van der Waals surface area contributed by atoms with E-state index in [1.165, 1.54) is 25.7 Å². The van der Waals surface area contributed by atoms with Crippen molar-refractivity contribution in [3.8, 4) is 0 Å². The summed E-state index contributed by atoms with van der Waals surface area (Å²) in [6.45, 7) is 6.27. The van der Waals surface area contributed by atoms with Crippen molar-refractivity contribution in [1.29, 1.82) is 0 Å². The number of aliphatic imine (C=N–C) groups is 1. The molecule has 3 rings (SSSR count). The summed E-state index contributed by atoms with van der Waals surface area (Å²) >= 11 is 0. The number of halogens is 1. The van der Waals surface area contributed by atoms with Crippen LogP contribution in [0.1, 0.15) is 44.3 Å². The van der Waals surface area contributed by atoms with Gasteiger partial charge in [0, 0.05) is 33.1 Å². The summed E-state index contributed by atoms with van der Waals surface area (Å²) in [5.74, 6) is 3.92. The second-order valence-corrected chi connectivity index (χ2v) is 6.24. The number of aromatic nitrogens is 3. The van der Waals surface area contributed by atoms with E-state index in [1.807, 2.05) is 7.05 Å². The van der Waals surface area contributed by atoms with Crippen molar-refractivity contribution in [1.82, 2.24) is 25.0 Å². The van der Waals surface area contributed by atoms with Crippen LogP contribution in [-0.4, -0.2) is 45.8 Å². The van der Waals surface area contributed by atoms with Gasteiger partial charge in [0.15, 0.2) is 11.8 Å². The summed E-state index contributed by atoms with van der Waals surface area (Å²) in [5, 5.41) is 12.1. The SMILES string of the molecule is CN=C(NCc1nnc2n1CCCC2)N1CCCC(C)C1.I. The van der Waals surface area contributed by atoms with Gasteiger partial charge in [0.2, 0.25) is 0 Å². The lowest BCUT2D eigenvalue weighted by atomic mass is 10.0. The zero-order valence-corrected chi connectivity index (χ0v) is 15.9. The van der Waals surface area contributed by atoms with Crippen molar-refractivity contribution in [2.45, 2.75) is 52.1 Å². The molecule has 0 saturated carbocycles. The van der Waals surface area contributed by atoms with Gasteiger partial charge in [-0.05, 0) is 31.6 Å². The molecule has 0 aliphatic carbocycles. The first kappa shape index (κ1) is 17.5. The predicted octanol–water partition coefficient (Wildman–Crippen LogP) is 2.04. The van der Waals surface area contributed by atoms with Gasteiger partial charge in [0.1, 0.15) is 5.82 Å². The number of guanidine groups is 1. The van der Waals surface area contributed by atoms with Gasteiger partial charge in [-0.1, -0.05) is 6.92 Å². The molecule has 0 radical (unpaired) electrons. The summed E-state index contributed by atoms with van der Waals surface area (Å²) in [6, 6.07) is 0. The van der Waals surface area contributed by atoms with Crippen LogP contribution in [0.15, 0.2) is 4.99 Å². The van der Waals surface area contributed by atoms with Crippen molar-refractivity contribution >= 4 is 29.9 Å². The van der Waals surface area contributed by atoms with Crippen LogP contribution in [0, 0.1) is 5.92 Å². The topological polar surface area (TPSA) is 58.3 Å². The molecule has 1 aromatic heterocycles. The van der Waals surface area contributed by atoms with E-state index in [4.69, 9.17) is 0 Å². The first-order valence-corrected chi connectivity index (χ1v) is 8.14. The Balaban J connectivity index is 0.00000176. The molecule has 1 atom stereocenters. The first-order valence-electron chi connectivity index (χ1n) is 8.14. The van der Waals surface area contributed by atoms with Crippen LogP contribution in [0.3, 0.4) is 0 Å². The average molecular weight is 418 g/mol. The third-order valence-corrected chi connectivity index (χ3v) is 4.51. The summed E-state index contributed by atoms with van der Waals surface area (Å²) in [7, 11) is 1.86. The van der Waals surface area contributed by atoms with Gasteiger partial charge in [0.05, 0.1) is 6.54 Å². The van der Waals surface area contributed by atoms with Crippen molar-refractivity contribution < 1.29 is 0 Å². The molecule has 1 fully saturated rings. The Labute approximate surface area is 149 Å². The van der Waals surface area contributed by atoms with E-state index >= 15 is 0 Å². The highest BCUT2D eigenvalue weighted by Gasteiger charge is 2.20. The summed E-state index contributed by atoms with van der Waals surface area (Å²) in [5.41, 5.74) is 0. The molecule has 22 heavy (non-hydrogen) atoms. The fraction of sp³-hybridized carbons (Fsp3) is 0.800. The van der Waals surface area contributed by atoms with Crippen LogP contribution in [0.2, 0.25) is 0 Å². The van der Waals surface area contributed by atoms with Crippen LogP contribution < -0.4 is 5.32 Å². The van der Waals surface area contributed by atoms with Gasteiger partial charge in [0.25, 0.3) is 0 Å². The quantitative estimate of drug-likeness (QED) is 0.454. The Morgan fingerprint density at radius 3 is 2.91 bits per heavy atom. The summed E-state index contributed by atoms with van der Waals surface area (Å²) < 4.78 is 2.27. The lowest BCUT2D eigenvalue weighted by molar-refractivity contribution is 0.265. The minimum atomic E-state index is 0. The van der Waals surface area contributed by atoms with Crippen molar-refractivity contribution in [2.24, 2.45) is 10.9 Å².